The minimum Gasteiger partial charge on any atom is -0.325 e. The highest BCUT2D eigenvalue weighted by molar-refractivity contribution is 8.01. The number of amides is 1. The van der Waals surface area contributed by atoms with Crippen LogP contribution in [-0.4, -0.2) is 17.0 Å². The molecular weight excluding hydrogens is 302 g/mol. The van der Waals surface area contributed by atoms with Crippen LogP contribution in [0.25, 0.3) is 0 Å². The largest absolute Gasteiger partial charge is 0.325 e. The van der Waals surface area contributed by atoms with Gasteiger partial charge in [-0.2, -0.15) is 0 Å². The maximum atomic E-state index is 12.3. The van der Waals surface area contributed by atoms with Gasteiger partial charge < -0.3 is 5.32 Å². The number of alkyl halides is 1. The van der Waals surface area contributed by atoms with Crippen LogP contribution in [0.4, 0.5) is 5.69 Å². The van der Waals surface area contributed by atoms with Crippen LogP contribution in [0.5, 0.6) is 0 Å². The van der Waals surface area contributed by atoms with Gasteiger partial charge >= 0.3 is 0 Å². The van der Waals surface area contributed by atoms with Crippen LogP contribution in [0, 0.1) is 0 Å². The number of thioether (sulfide) groups is 1. The molecule has 0 fully saturated rings. The molecule has 1 aliphatic heterocycles. The van der Waals surface area contributed by atoms with Gasteiger partial charge in [0.05, 0.1) is 5.25 Å². The predicted octanol–water partition coefficient (Wildman–Crippen LogP) is 4.12. The zero-order chi connectivity index (χ0) is 14.7. The van der Waals surface area contributed by atoms with Crippen LogP contribution in [0.15, 0.2) is 53.4 Å². The molecular formula is C17H16ClNOS. The number of carbonyl (C=O) groups excluding carboxylic acids is 1. The summed E-state index contributed by atoms with van der Waals surface area (Å²) in [5.41, 5.74) is 3.29. The summed E-state index contributed by atoms with van der Waals surface area (Å²) in [5, 5.41) is 2.96. The molecule has 3 rings (SSSR count). The van der Waals surface area contributed by atoms with Gasteiger partial charge in [-0.15, -0.1) is 23.4 Å². The number of hydrogen-bond donors (Lipinski definition) is 1. The average molecular weight is 318 g/mol. The Kier molecular flexibility index (Phi) is 4.51. The van der Waals surface area contributed by atoms with Gasteiger partial charge in [0.15, 0.2) is 0 Å². The van der Waals surface area contributed by atoms with Crippen LogP contribution in [0.2, 0.25) is 0 Å². The van der Waals surface area contributed by atoms with E-state index in [4.69, 9.17) is 11.6 Å². The first-order valence-electron chi connectivity index (χ1n) is 6.96. The molecule has 1 atom stereocenters. The summed E-state index contributed by atoms with van der Waals surface area (Å²) < 4.78 is 0. The Hall–Kier alpha value is -1.45. The molecule has 108 valence electrons. The Balaban J connectivity index is 1.62. The predicted molar refractivity (Wildman–Crippen MR) is 89.3 cm³/mol. The molecule has 1 heterocycles. The van der Waals surface area contributed by atoms with Crippen LogP contribution in [0.3, 0.4) is 0 Å². The summed E-state index contributed by atoms with van der Waals surface area (Å²) in [5.74, 6) is 0.684. The van der Waals surface area contributed by atoms with Crippen LogP contribution in [0.1, 0.15) is 11.1 Å². The summed E-state index contributed by atoms with van der Waals surface area (Å²) in [7, 11) is 0. The molecule has 0 radical (unpaired) electrons. The summed E-state index contributed by atoms with van der Waals surface area (Å²) in [6.07, 6.45) is 1.65. The van der Waals surface area contributed by atoms with Crippen LogP contribution < -0.4 is 5.32 Å². The molecule has 0 saturated heterocycles. The third-order valence-electron chi connectivity index (χ3n) is 3.54. The second-order valence-electron chi connectivity index (χ2n) is 5.04. The SMILES string of the molecule is O=C(Nc1ccc(CCCl)cc1)C1Cc2ccccc2S1. The van der Waals surface area contributed by atoms with E-state index in [2.05, 4.69) is 17.4 Å². The first kappa shape index (κ1) is 14.5. The summed E-state index contributed by atoms with van der Waals surface area (Å²) in [4.78, 5) is 13.6. The van der Waals surface area contributed by atoms with Gasteiger partial charge in [-0.3, -0.25) is 4.79 Å². The van der Waals surface area contributed by atoms with E-state index in [9.17, 15) is 4.79 Å². The fraction of sp³-hybridized carbons (Fsp3) is 0.235. The molecule has 0 aromatic heterocycles. The molecule has 2 nitrogen and oxygen atoms in total. The standard InChI is InChI=1S/C17H16ClNOS/c18-10-9-12-5-7-14(8-6-12)19-17(20)16-11-13-3-1-2-4-15(13)21-16/h1-8,16H,9-11H2,(H,19,20). The molecule has 1 unspecified atom stereocenters. The highest BCUT2D eigenvalue weighted by Crippen LogP contribution is 2.37. The van der Waals surface area contributed by atoms with Crippen molar-refractivity contribution in [1.82, 2.24) is 0 Å². The monoisotopic (exact) mass is 317 g/mol. The fourth-order valence-electron chi connectivity index (χ4n) is 2.41. The summed E-state index contributed by atoms with van der Waals surface area (Å²) in [6, 6.07) is 16.1. The van der Waals surface area contributed by atoms with Crippen molar-refractivity contribution in [2.24, 2.45) is 0 Å². The number of rotatable bonds is 4. The number of carbonyl (C=O) groups is 1. The van der Waals surface area contributed by atoms with Crippen LogP contribution >= 0.6 is 23.4 Å². The van der Waals surface area contributed by atoms with Gasteiger partial charge in [-0.25, -0.2) is 0 Å². The normalized spacial score (nSPS) is 16.5. The van der Waals surface area contributed by atoms with Gasteiger partial charge in [0.25, 0.3) is 0 Å². The van der Waals surface area contributed by atoms with E-state index >= 15 is 0 Å². The molecule has 1 N–H and O–H groups in total. The van der Waals surface area contributed by atoms with E-state index in [0.717, 1.165) is 18.5 Å². The third-order valence-corrected chi connectivity index (χ3v) is 5.05. The summed E-state index contributed by atoms with van der Waals surface area (Å²) in [6.45, 7) is 0. The minimum atomic E-state index is -0.0371. The first-order valence-corrected chi connectivity index (χ1v) is 8.38. The highest BCUT2D eigenvalue weighted by Gasteiger charge is 2.27. The molecule has 1 amide bonds. The van der Waals surface area contributed by atoms with Crippen molar-refractivity contribution in [2.75, 3.05) is 11.2 Å². The Morgan fingerprint density at radius 1 is 1.19 bits per heavy atom. The van der Waals surface area contributed by atoms with Gasteiger partial charge in [0.2, 0.25) is 5.91 Å². The zero-order valence-corrected chi connectivity index (χ0v) is 13.1. The lowest BCUT2D eigenvalue weighted by Gasteiger charge is -2.10. The number of aryl methyl sites for hydroxylation is 1. The molecule has 0 aliphatic carbocycles. The van der Waals surface area contributed by atoms with Gasteiger partial charge in [-0.05, 0) is 42.2 Å². The van der Waals surface area contributed by atoms with Crippen molar-refractivity contribution in [3.63, 3.8) is 0 Å². The van der Waals surface area contributed by atoms with E-state index < -0.39 is 0 Å². The molecule has 0 spiro atoms. The molecule has 4 heteroatoms. The number of fused-ring (bicyclic) bond motifs is 1. The number of anilines is 1. The second-order valence-corrected chi connectivity index (χ2v) is 6.67. The average Bonchev–Trinajstić information content (AvgIpc) is 2.94. The van der Waals surface area contributed by atoms with E-state index in [0.29, 0.717) is 5.88 Å². The Morgan fingerprint density at radius 3 is 2.67 bits per heavy atom. The Labute approximate surface area is 133 Å². The van der Waals surface area contributed by atoms with Crippen molar-refractivity contribution in [1.29, 1.82) is 0 Å². The fourth-order valence-corrected chi connectivity index (χ4v) is 3.83. The highest BCUT2D eigenvalue weighted by atomic mass is 35.5. The Bertz CT molecular complexity index is 616. The maximum Gasteiger partial charge on any atom is 0.238 e. The van der Waals surface area contributed by atoms with Crippen molar-refractivity contribution < 1.29 is 4.79 Å². The molecule has 0 saturated carbocycles. The van der Waals surface area contributed by atoms with E-state index in [-0.39, 0.29) is 11.2 Å². The third kappa shape index (κ3) is 3.42. The lowest BCUT2D eigenvalue weighted by Crippen LogP contribution is -2.24. The lowest BCUT2D eigenvalue weighted by molar-refractivity contribution is -0.115. The minimum absolute atomic E-state index is 0.0371. The first-order chi connectivity index (χ1) is 10.3. The van der Waals surface area contributed by atoms with E-state index in [1.54, 1.807) is 11.8 Å². The van der Waals surface area contributed by atoms with Crippen LogP contribution in [-0.2, 0) is 17.6 Å². The van der Waals surface area contributed by atoms with E-state index in [1.165, 1.54) is 16.0 Å². The molecule has 1 aliphatic rings. The van der Waals surface area contributed by atoms with Gasteiger partial charge in [0.1, 0.15) is 0 Å². The maximum absolute atomic E-state index is 12.3. The summed E-state index contributed by atoms with van der Waals surface area (Å²) >= 11 is 7.36. The number of hydrogen-bond acceptors (Lipinski definition) is 2. The zero-order valence-electron chi connectivity index (χ0n) is 11.5. The number of benzene rings is 2. The molecule has 2 aromatic carbocycles. The quantitative estimate of drug-likeness (QED) is 0.859. The van der Waals surface area contributed by atoms with Crippen molar-refractivity contribution in [3.8, 4) is 0 Å². The smallest absolute Gasteiger partial charge is 0.238 e. The van der Waals surface area contributed by atoms with Crippen molar-refractivity contribution >= 4 is 35.0 Å². The van der Waals surface area contributed by atoms with Gasteiger partial charge in [0, 0.05) is 16.5 Å². The van der Waals surface area contributed by atoms with Gasteiger partial charge in [-0.1, -0.05) is 30.3 Å². The Morgan fingerprint density at radius 2 is 1.95 bits per heavy atom. The lowest BCUT2D eigenvalue weighted by atomic mass is 10.1. The second kappa shape index (κ2) is 6.54. The number of nitrogens with one attached hydrogen (secondary N) is 1. The van der Waals surface area contributed by atoms with Crippen molar-refractivity contribution in [2.45, 2.75) is 23.0 Å². The topological polar surface area (TPSA) is 29.1 Å². The van der Waals surface area contributed by atoms with Crippen molar-refractivity contribution in [3.05, 3.63) is 59.7 Å². The van der Waals surface area contributed by atoms with E-state index in [1.807, 2.05) is 36.4 Å². The molecule has 0 bridgehead atoms. The molecule has 2 aromatic rings. The molecule has 21 heavy (non-hydrogen) atoms. The number of halogens is 1.